The third-order valence-electron chi connectivity index (χ3n) is 5.15. The highest BCUT2D eigenvalue weighted by Gasteiger charge is 2.52. The van der Waals surface area contributed by atoms with E-state index < -0.39 is 5.41 Å². The third-order valence-corrected chi connectivity index (χ3v) is 5.15. The number of amides is 1. The number of aliphatic hydroxyl groups is 1. The van der Waals surface area contributed by atoms with Gasteiger partial charge < -0.3 is 19.9 Å². The summed E-state index contributed by atoms with van der Waals surface area (Å²) in [7, 11) is 3.21. The zero-order chi connectivity index (χ0) is 16.4. The first-order valence-electron chi connectivity index (χ1n) is 8.30. The fraction of sp³-hybridized carbons (Fsp3) is 0.611. The van der Waals surface area contributed by atoms with E-state index >= 15 is 0 Å². The summed E-state index contributed by atoms with van der Waals surface area (Å²) in [5.41, 5.74) is 0.568. The van der Waals surface area contributed by atoms with E-state index in [9.17, 15) is 9.90 Å². The molecule has 23 heavy (non-hydrogen) atoms. The molecule has 0 aliphatic heterocycles. The first-order chi connectivity index (χ1) is 11.1. The van der Waals surface area contributed by atoms with Gasteiger partial charge in [-0.05, 0) is 56.2 Å². The first kappa shape index (κ1) is 16.1. The van der Waals surface area contributed by atoms with Crippen LogP contribution in [0.5, 0.6) is 11.5 Å². The summed E-state index contributed by atoms with van der Waals surface area (Å²) >= 11 is 0. The van der Waals surface area contributed by atoms with E-state index in [0.717, 1.165) is 44.1 Å². The van der Waals surface area contributed by atoms with Crippen molar-refractivity contribution in [1.82, 2.24) is 5.32 Å². The molecule has 2 N–H and O–H groups in total. The van der Waals surface area contributed by atoms with Crippen molar-refractivity contribution < 1.29 is 19.4 Å². The summed E-state index contributed by atoms with van der Waals surface area (Å²) in [5, 5.41) is 12.8. The molecule has 0 unspecified atom stereocenters. The lowest BCUT2D eigenvalue weighted by atomic mass is 9.90. The highest BCUT2D eigenvalue weighted by Crippen LogP contribution is 2.50. The highest BCUT2D eigenvalue weighted by molar-refractivity contribution is 5.91. The summed E-state index contributed by atoms with van der Waals surface area (Å²) in [6.07, 6.45) is 4.78. The molecule has 5 heteroatoms. The van der Waals surface area contributed by atoms with Crippen molar-refractivity contribution in [2.75, 3.05) is 14.2 Å². The van der Waals surface area contributed by atoms with Gasteiger partial charge >= 0.3 is 0 Å². The molecule has 5 nitrogen and oxygen atoms in total. The van der Waals surface area contributed by atoms with Gasteiger partial charge in [-0.25, -0.2) is 0 Å². The Morgan fingerprint density at radius 2 is 1.78 bits per heavy atom. The van der Waals surface area contributed by atoms with Gasteiger partial charge in [-0.15, -0.1) is 0 Å². The van der Waals surface area contributed by atoms with Gasteiger partial charge in [0.25, 0.3) is 0 Å². The number of nitrogens with one attached hydrogen (secondary N) is 1. The van der Waals surface area contributed by atoms with Crippen LogP contribution in [0, 0.1) is 0 Å². The summed E-state index contributed by atoms with van der Waals surface area (Å²) < 4.78 is 10.6. The molecule has 0 radical (unpaired) electrons. The van der Waals surface area contributed by atoms with Gasteiger partial charge in [0, 0.05) is 6.04 Å². The number of rotatable bonds is 5. The lowest BCUT2D eigenvalue weighted by molar-refractivity contribution is -0.124. The molecule has 0 heterocycles. The number of ether oxygens (including phenoxy) is 2. The van der Waals surface area contributed by atoms with Gasteiger partial charge in [-0.1, -0.05) is 6.07 Å². The molecule has 3 rings (SSSR count). The fourth-order valence-corrected chi connectivity index (χ4v) is 3.45. The molecular weight excluding hydrogens is 294 g/mol. The Morgan fingerprint density at radius 1 is 1.13 bits per heavy atom. The van der Waals surface area contributed by atoms with E-state index in [0.29, 0.717) is 11.5 Å². The maximum atomic E-state index is 12.8. The Labute approximate surface area is 137 Å². The van der Waals surface area contributed by atoms with E-state index in [1.54, 1.807) is 14.2 Å². The maximum Gasteiger partial charge on any atom is 0.230 e. The molecule has 0 bridgehead atoms. The predicted octanol–water partition coefficient (Wildman–Crippen LogP) is 2.16. The average molecular weight is 319 g/mol. The monoisotopic (exact) mass is 319 g/mol. The van der Waals surface area contributed by atoms with Crippen LogP contribution < -0.4 is 14.8 Å². The van der Waals surface area contributed by atoms with Gasteiger partial charge in [0.2, 0.25) is 5.91 Å². The molecule has 2 aliphatic carbocycles. The van der Waals surface area contributed by atoms with E-state index in [-0.39, 0.29) is 18.1 Å². The summed E-state index contributed by atoms with van der Waals surface area (Å²) in [6.45, 7) is 0. The van der Waals surface area contributed by atoms with Crippen molar-refractivity contribution in [3.8, 4) is 11.5 Å². The molecule has 1 aromatic rings. The normalized spacial score (nSPS) is 25.5. The van der Waals surface area contributed by atoms with E-state index in [1.165, 1.54) is 0 Å². The molecule has 0 spiro atoms. The SMILES string of the molecule is COc1ccc(C2(C(=O)NC3CCC(O)CC3)CC2)cc1OC. The minimum absolute atomic E-state index is 0.103. The summed E-state index contributed by atoms with van der Waals surface area (Å²) in [6, 6.07) is 5.91. The number of hydrogen-bond acceptors (Lipinski definition) is 4. The van der Waals surface area contributed by atoms with Crippen LogP contribution in [0.25, 0.3) is 0 Å². The second-order valence-electron chi connectivity index (χ2n) is 6.63. The van der Waals surface area contributed by atoms with Crippen molar-refractivity contribution >= 4 is 5.91 Å². The quantitative estimate of drug-likeness (QED) is 0.873. The molecule has 0 saturated heterocycles. The van der Waals surface area contributed by atoms with Gasteiger partial charge in [-0.3, -0.25) is 4.79 Å². The number of hydrogen-bond donors (Lipinski definition) is 2. The van der Waals surface area contributed by atoms with Gasteiger partial charge in [0.05, 0.1) is 25.7 Å². The molecule has 0 aromatic heterocycles. The predicted molar refractivity (Wildman–Crippen MR) is 86.9 cm³/mol. The van der Waals surface area contributed by atoms with E-state index in [4.69, 9.17) is 9.47 Å². The number of carbonyl (C=O) groups excluding carboxylic acids is 1. The van der Waals surface area contributed by atoms with E-state index in [1.807, 2.05) is 18.2 Å². The van der Waals surface area contributed by atoms with Crippen LogP contribution in [0.1, 0.15) is 44.1 Å². The zero-order valence-corrected chi connectivity index (χ0v) is 13.8. The molecule has 2 aliphatic rings. The standard InChI is InChI=1S/C18H25NO4/c1-22-15-8-3-12(11-16(15)23-2)18(9-10-18)17(21)19-13-4-6-14(20)7-5-13/h3,8,11,13-14,20H,4-7,9-10H2,1-2H3,(H,19,21). The molecule has 0 atom stereocenters. The highest BCUT2D eigenvalue weighted by atomic mass is 16.5. The molecule has 1 amide bonds. The largest absolute Gasteiger partial charge is 0.493 e. The lowest BCUT2D eigenvalue weighted by Gasteiger charge is -2.28. The van der Waals surface area contributed by atoms with E-state index in [2.05, 4.69) is 5.32 Å². The molecule has 2 saturated carbocycles. The van der Waals surface area contributed by atoms with Crippen molar-refractivity contribution in [2.24, 2.45) is 0 Å². The van der Waals surface area contributed by atoms with Crippen LogP contribution in [0.4, 0.5) is 0 Å². The average Bonchev–Trinajstić information content (AvgIpc) is 3.38. The summed E-state index contributed by atoms with van der Waals surface area (Å²) in [5.74, 6) is 1.43. The molecule has 2 fully saturated rings. The number of methoxy groups -OCH3 is 2. The van der Waals surface area contributed by atoms with Crippen LogP contribution in [0.2, 0.25) is 0 Å². The Bertz CT molecular complexity index is 574. The summed E-state index contributed by atoms with van der Waals surface area (Å²) in [4.78, 5) is 12.8. The van der Waals surface area contributed by atoms with Crippen molar-refractivity contribution in [1.29, 1.82) is 0 Å². The number of benzene rings is 1. The number of aliphatic hydroxyl groups excluding tert-OH is 1. The van der Waals surface area contributed by atoms with Crippen LogP contribution in [-0.2, 0) is 10.2 Å². The van der Waals surface area contributed by atoms with Crippen molar-refractivity contribution in [3.05, 3.63) is 23.8 Å². The maximum absolute atomic E-state index is 12.8. The lowest BCUT2D eigenvalue weighted by Crippen LogP contribution is -2.43. The smallest absolute Gasteiger partial charge is 0.230 e. The van der Waals surface area contributed by atoms with Crippen LogP contribution in [-0.4, -0.2) is 37.4 Å². The molecule has 1 aromatic carbocycles. The van der Waals surface area contributed by atoms with Gasteiger partial charge in [0.1, 0.15) is 0 Å². The Hall–Kier alpha value is -1.75. The zero-order valence-electron chi connectivity index (χ0n) is 13.8. The fourth-order valence-electron chi connectivity index (χ4n) is 3.45. The van der Waals surface area contributed by atoms with Crippen LogP contribution in [0.3, 0.4) is 0 Å². The van der Waals surface area contributed by atoms with Gasteiger partial charge in [0.15, 0.2) is 11.5 Å². The van der Waals surface area contributed by atoms with Gasteiger partial charge in [-0.2, -0.15) is 0 Å². The minimum Gasteiger partial charge on any atom is -0.493 e. The number of carbonyl (C=O) groups is 1. The second-order valence-corrected chi connectivity index (χ2v) is 6.63. The first-order valence-corrected chi connectivity index (χ1v) is 8.30. The minimum atomic E-state index is -0.421. The molecule has 126 valence electrons. The van der Waals surface area contributed by atoms with Crippen molar-refractivity contribution in [2.45, 2.75) is 56.1 Å². The Balaban J connectivity index is 1.72. The topological polar surface area (TPSA) is 67.8 Å². The van der Waals surface area contributed by atoms with Crippen LogP contribution >= 0.6 is 0 Å². The van der Waals surface area contributed by atoms with Crippen molar-refractivity contribution in [3.63, 3.8) is 0 Å². The molecular formula is C18H25NO4. The van der Waals surface area contributed by atoms with Crippen LogP contribution in [0.15, 0.2) is 18.2 Å². The third kappa shape index (κ3) is 3.15. The Morgan fingerprint density at radius 3 is 2.35 bits per heavy atom. The Kier molecular flexibility index (Phi) is 4.48. The second kappa shape index (κ2) is 6.40.